The Bertz CT molecular complexity index is 1150. The number of aromatic nitrogens is 2. The highest BCUT2D eigenvalue weighted by Crippen LogP contribution is 2.41. The Morgan fingerprint density at radius 1 is 1.18 bits per heavy atom. The normalized spacial score (nSPS) is 14.8. The quantitative estimate of drug-likeness (QED) is 0.671. The Kier molecular flexibility index (Phi) is 4.63. The fraction of sp³-hybridized carbons (Fsp3) is 0.318. The molecule has 6 nitrogen and oxygen atoms in total. The maximum absolute atomic E-state index is 12.9. The van der Waals surface area contributed by atoms with E-state index in [4.69, 9.17) is 0 Å². The molecule has 2 aromatic carbocycles. The minimum absolute atomic E-state index is 0.0209. The summed E-state index contributed by atoms with van der Waals surface area (Å²) in [5.41, 5.74) is 2.59. The van der Waals surface area contributed by atoms with E-state index in [-0.39, 0.29) is 11.9 Å². The largest absolute Gasteiger partial charge is 0.345 e. The Morgan fingerprint density at radius 2 is 1.89 bits per heavy atom. The SMILES string of the molecule is CCn1c(=O)c(=O)[nH]c2cc(C(=O)N[C@H](c3ccc(C)cc3)C3CC3)ccc21. The first-order valence-electron chi connectivity index (χ1n) is 9.62. The molecule has 1 amide bonds. The number of amides is 1. The van der Waals surface area contributed by atoms with Crippen LogP contribution in [0.5, 0.6) is 0 Å². The van der Waals surface area contributed by atoms with Crippen molar-refractivity contribution in [2.24, 2.45) is 5.92 Å². The Hall–Kier alpha value is -3.15. The highest BCUT2D eigenvalue weighted by molar-refractivity contribution is 5.97. The number of benzene rings is 2. The molecular weight excluding hydrogens is 354 g/mol. The number of hydrogen-bond donors (Lipinski definition) is 2. The lowest BCUT2D eigenvalue weighted by Gasteiger charge is -2.19. The molecule has 0 saturated heterocycles. The molecule has 4 rings (SSSR count). The molecule has 0 spiro atoms. The van der Waals surface area contributed by atoms with E-state index in [9.17, 15) is 14.4 Å². The maximum Gasteiger partial charge on any atom is 0.316 e. The van der Waals surface area contributed by atoms with Gasteiger partial charge in [-0.3, -0.25) is 14.4 Å². The molecule has 1 heterocycles. The molecule has 28 heavy (non-hydrogen) atoms. The van der Waals surface area contributed by atoms with Crippen LogP contribution in [0.3, 0.4) is 0 Å². The van der Waals surface area contributed by atoms with E-state index >= 15 is 0 Å². The zero-order chi connectivity index (χ0) is 19.8. The fourth-order valence-corrected chi connectivity index (χ4v) is 3.64. The molecule has 144 valence electrons. The van der Waals surface area contributed by atoms with Crippen molar-refractivity contribution in [1.82, 2.24) is 14.9 Å². The molecule has 1 aliphatic rings. The number of rotatable bonds is 5. The number of hydrogen-bond acceptors (Lipinski definition) is 3. The number of nitrogens with one attached hydrogen (secondary N) is 2. The van der Waals surface area contributed by atoms with Gasteiger partial charge in [-0.1, -0.05) is 29.8 Å². The van der Waals surface area contributed by atoms with E-state index in [2.05, 4.69) is 34.6 Å². The molecule has 1 aromatic heterocycles. The van der Waals surface area contributed by atoms with Gasteiger partial charge in [0.25, 0.3) is 5.91 Å². The van der Waals surface area contributed by atoms with Gasteiger partial charge in [-0.2, -0.15) is 0 Å². The summed E-state index contributed by atoms with van der Waals surface area (Å²) in [7, 11) is 0. The third kappa shape index (κ3) is 3.38. The number of nitrogens with zero attached hydrogens (tertiary/aromatic N) is 1. The minimum Gasteiger partial charge on any atom is -0.345 e. The van der Waals surface area contributed by atoms with Crippen molar-refractivity contribution in [3.63, 3.8) is 0 Å². The highest BCUT2D eigenvalue weighted by Gasteiger charge is 2.33. The molecule has 0 radical (unpaired) electrons. The third-order valence-corrected chi connectivity index (χ3v) is 5.37. The second-order valence-corrected chi connectivity index (χ2v) is 7.43. The molecule has 0 aliphatic heterocycles. The summed E-state index contributed by atoms with van der Waals surface area (Å²) in [5.74, 6) is 0.270. The van der Waals surface area contributed by atoms with Crippen molar-refractivity contribution in [2.45, 2.75) is 39.3 Å². The first-order valence-corrected chi connectivity index (χ1v) is 9.62. The van der Waals surface area contributed by atoms with E-state index in [1.165, 1.54) is 10.1 Å². The molecule has 6 heteroatoms. The van der Waals surface area contributed by atoms with Gasteiger partial charge < -0.3 is 14.9 Å². The highest BCUT2D eigenvalue weighted by atomic mass is 16.2. The monoisotopic (exact) mass is 377 g/mol. The van der Waals surface area contributed by atoms with Crippen molar-refractivity contribution >= 4 is 16.9 Å². The van der Waals surface area contributed by atoms with E-state index < -0.39 is 11.1 Å². The number of carbonyl (C=O) groups is 1. The standard InChI is InChI=1S/C22H23N3O3/c1-3-25-18-11-10-16(12-17(18)23-21(27)22(25)28)20(26)24-19(15-8-9-15)14-6-4-13(2)5-7-14/h4-7,10-12,15,19H,3,8-9H2,1-2H3,(H,23,27)(H,24,26)/t19-/m1/s1. The van der Waals surface area contributed by atoms with Gasteiger partial charge in [0.05, 0.1) is 17.1 Å². The van der Waals surface area contributed by atoms with Gasteiger partial charge in [0.15, 0.2) is 0 Å². The van der Waals surface area contributed by atoms with Crippen LogP contribution in [-0.2, 0) is 6.54 Å². The minimum atomic E-state index is -0.678. The zero-order valence-electron chi connectivity index (χ0n) is 16.0. The smallest absolute Gasteiger partial charge is 0.316 e. The second-order valence-electron chi connectivity index (χ2n) is 7.43. The van der Waals surface area contributed by atoms with Crippen molar-refractivity contribution in [3.8, 4) is 0 Å². The van der Waals surface area contributed by atoms with Crippen LogP contribution in [0.2, 0.25) is 0 Å². The summed E-state index contributed by atoms with van der Waals surface area (Å²) in [6.45, 7) is 4.24. The lowest BCUT2D eigenvalue weighted by Crippen LogP contribution is -2.36. The van der Waals surface area contributed by atoms with E-state index in [1.54, 1.807) is 18.2 Å². The van der Waals surface area contributed by atoms with E-state index in [0.29, 0.717) is 29.1 Å². The number of H-pyrrole nitrogens is 1. The first-order chi connectivity index (χ1) is 13.5. The van der Waals surface area contributed by atoms with Gasteiger partial charge in [-0.15, -0.1) is 0 Å². The summed E-state index contributed by atoms with van der Waals surface area (Å²) >= 11 is 0. The predicted molar refractivity (Wildman–Crippen MR) is 109 cm³/mol. The van der Waals surface area contributed by atoms with Gasteiger partial charge >= 0.3 is 11.1 Å². The summed E-state index contributed by atoms with van der Waals surface area (Å²) in [6, 6.07) is 13.3. The lowest BCUT2D eigenvalue weighted by atomic mass is 10.0. The Balaban J connectivity index is 1.66. The number of aromatic amines is 1. The molecule has 1 fully saturated rings. The molecule has 1 atom stereocenters. The van der Waals surface area contributed by atoms with Gasteiger partial charge in [-0.25, -0.2) is 0 Å². The van der Waals surface area contributed by atoms with Crippen molar-refractivity contribution in [3.05, 3.63) is 79.9 Å². The van der Waals surface area contributed by atoms with Crippen LogP contribution in [-0.4, -0.2) is 15.5 Å². The summed E-state index contributed by atoms with van der Waals surface area (Å²) < 4.78 is 1.41. The maximum atomic E-state index is 12.9. The molecule has 0 unspecified atom stereocenters. The Morgan fingerprint density at radius 3 is 2.54 bits per heavy atom. The predicted octanol–water partition coefficient (Wildman–Crippen LogP) is 2.90. The van der Waals surface area contributed by atoms with Crippen molar-refractivity contribution in [2.75, 3.05) is 0 Å². The van der Waals surface area contributed by atoms with Crippen LogP contribution in [0.4, 0.5) is 0 Å². The van der Waals surface area contributed by atoms with Crippen LogP contribution in [0.1, 0.15) is 47.3 Å². The molecule has 3 aromatic rings. The number of carbonyl (C=O) groups excluding carboxylic acids is 1. The average molecular weight is 377 g/mol. The topological polar surface area (TPSA) is 84.0 Å². The van der Waals surface area contributed by atoms with Crippen LogP contribution in [0.25, 0.3) is 11.0 Å². The molecule has 1 saturated carbocycles. The summed E-state index contributed by atoms with van der Waals surface area (Å²) in [6.07, 6.45) is 2.21. The van der Waals surface area contributed by atoms with Crippen LogP contribution in [0, 0.1) is 12.8 Å². The average Bonchev–Trinajstić information content (AvgIpc) is 3.52. The lowest BCUT2D eigenvalue weighted by molar-refractivity contribution is 0.0932. The van der Waals surface area contributed by atoms with Gasteiger partial charge in [-0.05, 0) is 56.4 Å². The molecule has 1 aliphatic carbocycles. The molecule has 0 bridgehead atoms. The molecular formula is C22H23N3O3. The summed E-state index contributed by atoms with van der Waals surface area (Å²) in [4.78, 5) is 39.4. The number of fused-ring (bicyclic) bond motifs is 1. The van der Waals surface area contributed by atoms with Gasteiger partial charge in [0.1, 0.15) is 0 Å². The zero-order valence-corrected chi connectivity index (χ0v) is 16.0. The Labute approximate surface area is 162 Å². The van der Waals surface area contributed by atoms with Crippen molar-refractivity contribution < 1.29 is 4.79 Å². The third-order valence-electron chi connectivity index (χ3n) is 5.37. The summed E-state index contributed by atoms with van der Waals surface area (Å²) in [5, 5.41) is 3.15. The van der Waals surface area contributed by atoms with E-state index in [0.717, 1.165) is 18.4 Å². The van der Waals surface area contributed by atoms with Crippen LogP contribution in [0.15, 0.2) is 52.1 Å². The van der Waals surface area contributed by atoms with Gasteiger partial charge in [0, 0.05) is 12.1 Å². The van der Waals surface area contributed by atoms with E-state index in [1.807, 2.05) is 13.8 Å². The van der Waals surface area contributed by atoms with Crippen LogP contribution < -0.4 is 16.4 Å². The van der Waals surface area contributed by atoms with Crippen molar-refractivity contribution in [1.29, 1.82) is 0 Å². The van der Waals surface area contributed by atoms with Crippen LogP contribution >= 0.6 is 0 Å². The first kappa shape index (κ1) is 18.2. The van der Waals surface area contributed by atoms with Gasteiger partial charge in [0.2, 0.25) is 0 Å². The number of aryl methyl sites for hydroxylation is 2. The second kappa shape index (κ2) is 7.11. The molecule has 2 N–H and O–H groups in total. The fourth-order valence-electron chi connectivity index (χ4n) is 3.64.